The summed E-state index contributed by atoms with van der Waals surface area (Å²) in [6.45, 7) is 6.58. The first kappa shape index (κ1) is 27.4. The maximum Gasteiger partial charge on any atom is 0.356 e. The van der Waals surface area contributed by atoms with Gasteiger partial charge in [-0.05, 0) is 30.9 Å². The summed E-state index contributed by atoms with van der Waals surface area (Å²) in [5, 5.41) is 16.0. The molecule has 0 atom stereocenters. The minimum absolute atomic E-state index is 0.0469. The zero-order valence-corrected chi connectivity index (χ0v) is 23.2. The molecule has 0 unspecified atom stereocenters. The number of rotatable bonds is 8. The number of nitro groups is 1. The number of esters is 1. The standard InChI is InChI=1S/C28H35N7O5/c1-31-19-21(16-30-31)23-14-26(35(37)38)27(39-2)15-25(23)34-8-6-20(7-9-34)18-32-10-12-33(13-11-32)22-4-5-24(29-17-22)28(36)40-3/h4-5,14-17,19-20H,6-13,18H2,1-3H3. The highest BCUT2D eigenvalue weighted by Crippen LogP contribution is 2.41. The number of carbonyl (C=O) groups excluding carboxylic acids is 1. The van der Waals surface area contributed by atoms with Crippen LogP contribution in [0.1, 0.15) is 23.3 Å². The van der Waals surface area contributed by atoms with E-state index in [0.717, 1.165) is 81.2 Å². The van der Waals surface area contributed by atoms with Crippen LogP contribution < -0.4 is 14.5 Å². The van der Waals surface area contributed by atoms with Crippen molar-refractivity contribution in [2.24, 2.45) is 13.0 Å². The predicted molar refractivity (Wildman–Crippen MR) is 151 cm³/mol. The molecule has 40 heavy (non-hydrogen) atoms. The van der Waals surface area contributed by atoms with Gasteiger partial charge in [-0.3, -0.25) is 19.7 Å². The van der Waals surface area contributed by atoms with Crippen molar-refractivity contribution in [1.29, 1.82) is 0 Å². The van der Waals surface area contributed by atoms with E-state index in [1.807, 2.05) is 19.3 Å². The molecule has 212 valence electrons. The van der Waals surface area contributed by atoms with Crippen LogP contribution in [0.15, 0.2) is 42.9 Å². The number of pyridine rings is 1. The third-order valence-electron chi connectivity index (χ3n) is 7.86. The molecule has 2 aromatic heterocycles. The first-order valence-electron chi connectivity index (χ1n) is 13.5. The Labute approximate surface area is 233 Å². The quantitative estimate of drug-likeness (QED) is 0.235. The highest BCUT2D eigenvalue weighted by atomic mass is 16.6. The Kier molecular flexibility index (Phi) is 8.15. The lowest BCUT2D eigenvalue weighted by Crippen LogP contribution is -2.49. The van der Waals surface area contributed by atoms with Crippen molar-refractivity contribution in [3.05, 3.63) is 58.7 Å². The van der Waals surface area contributed by atoms with Crippen LogP contribution in [0.5, 0.6) is 5.75 Å². The number of hydrogen-bond donors (Lipinski definition) is 0. The van der Waals surface area contributed by atoms with Crippen molar-refractivity contribution >= 4 is 23.0 Å². The lowest BCUT2D eigenvalue weighted by molar-refractivity contribution is -0.385. The van der Waals surface area contributed by atoms with Gasteiger partial charge in [0.05, 0.1) is 37.2 Å². The molecule has 0 N–H and O–H groups in total. The molecule has 0 saturated carbocycles. The van der Waals surface area contributed by atoms with E-state index in [0.29, 0.717) is 11.6 Å². The number of aryl methyl sites for hydroxylation is 1. The second-order valence-corrected chi connectivity index (χ2v) is 10.3. The summed E-state index contributed by atoms with van der Waals surface area (Å²) in [6.07, 6.45) is 7.45. The van der Waals surface area contributed by atoms with E-state index in [4.69, 9.17) is 9.47 Å². The van der Waals surface area contributed by atoms with Crippen molar-refractivity contribution < 1.29 is 19.2 Å². The average Bonchev–Trinajstić information content (AvgIpc) is 3.42. The van der Waals surface area contributed by atoms with Crippen LogP contribution in [0.2, 0.25) is 0 Å². The number of benzene rings is 1. The summed E-state index contributed by atoms with van der Waals surface area (Å²) >= 11 is 0. The fourth-order valence-corrected chi connectivity index (χ4v) is 5.63. The van der Waals surface area contributed by atoms with E-state index >= 15 is 0 Å². The molecule has 12 nitrogen and oxygen atoms in total. The van der Waals surface area contributed by atoms with Crippen LogP contribution in [0.25, 0.3) is 11.1 Å². The lowest BCUT2D eigenvalue weighted by Gasteiger charge is -2.40. The molecule has 0 spiro atoms. The highest BCUT2D eigenvalue weighted by Gasteiger charge is 2.28. The van der Waals surface area contributed by atoms with Gasteiger partial charge in [0, 0.05) is 88.0 Å². The summed E-state index contributed by atoms with van der Waals surface area (Å²) in [7, 11) is 4.66. The molecule has 2 aliphatic heterocycles. The van der Waals surface area contributed by atoms with Crippen molar-refractivity contribution in [2.45, 2.75) is 12.8 Å². The van der Waals surface area contributed by atoms with E-state index in [9.17, 15) is 14.9 Å². The molecule has 4 heterocycles. The first-order chi connectivity index (χ1) is 19.4. The largest absolute Gasteiger partial charge is 0.490 e. The SMILES string of the molecule is COC(=O)c1ccc(N2CCN(CC3CCN(c4cc(OC)c([N+](=O)[O-])cc4-c4cnn(C)c4)CC3)CC2)cn1. The Hall–Kier alpha value is -4.19. The summed E-state index contributed by atoms with van der Waals surface area (Å²) < 4.78 is 11.8. The summed E-state index contributed by atoms with van der Waals surface area (Å²) in [6, 6.07) is 7.04. The van der Waals surface area contributed by atoms with Crippen LogP contribution in [-0.2, 0) is 11.8 Å². The zero-order valence-electron chi connectivity index (χ0n) is 23.2. The van der Waals surface area contributed by atoms with Gasteiger partial charge in [-0.2, -0.15) is 5.10 Å². The third kappa shape index (κ3) is 5.86. The number of ether oxygens (including phenoxy) is 2. The molecule has 2 saturated heterocycles. The maximum absolute atomic E-state index is 11.7. The summed E-state index contributed by atoms with van der Waals surface area (Å²) in [5.74, 6) is 0.428. The second kappa shape index (κ2) is 11.9. The number of carbonyl (C=O) groups is 1. The van der Waals surface area contributed by atoms with Gasteiger partial charge in [0.25, 0.3) is 0 Å². The summed E-state index contributed by atoms with van der Waals surface area (Å²) in [4.78, 5) is 34.3. The van der Waals surface area contributed by atoms with E-state index in [1.54, 1.807) is 35.3 Å². The lowest BCUT2D eigenvalue weighted by atomic mass is 9.94. The Bertz CT molecular complexity index is 1340. The molecule has 0 radical (unpaired) electrons. The van der Waals surface area contributed by atoms with E-state index in [1.165, 1.54) is 14.2 Å². The monoisotopic (exact) mass is 549 g/mol. The van der Waals surface area contributed by atoms with E-state index < -0.39 is 10.9 Å². The fourth-order valence-electron chi connectivity index (χ4n) is 5.63. The Morgan fingerprint density at radius 2 is 1.80 bits per heavy atom. The predicted octanol–water partition coefficient (Wildman–Crippen LogP) is 3.22. The number of methoxy groups -OCH3 is 2. The Balaban J connectivity index is 1.19. The van der Waals surface area contributed by atoms with Crippen LogP contribution in [-0.4, -0.2) is 90.6 Å². The molecule has 0 amide bonds. The first-order valence-corrected chi connectivity index (χ1v) is 13.5. The molecule has 5 rings (SSSR count). The fraction of sp³-hybridized carbons (Fsp3) is 0.464. The van der Waals surface area contributed by atoms with E-state index in [-0.39, 0.29) is 11.4 Å². The minimum atomic E-state index is -0.427. The maximum atomic E-state index is 11.7. The number of nitrogens with zero attached hydrogens (tertiary/aromatic N) is 7. The smallest absolute Gasteiger partial charge is 0.356 e. The van der Waals surface area contributed by atoms with Gasteiger partial charge in [-0.1, -0.05) is 0 Å². The highest BCUT2D eigenvalue weighted by molar-refractivity contribution is 5.87. The van der Waals surface area contributed by atoms with Crippen molar-refractivity contribution in [2.75, 3.05) is 69.8 Å². The normalized spacial score (nSPS) is 16.7. The number of piperazine rings is 1. The Morgan fingerprint density at radius 3 is 2.38 bits per heavy atom. The molecule has 12 heteroatoms. The molecule has 0 bridgehead atoms. The number of nitro benzene ring substituents is 1. The van der Waals surface area contributed by atoms with Crippen molar-refractivity contribution in [1.82, 2.24) is 19.7 Å². The number of anilines is 2. The van der Waals surface area contributed by atoms with Gasteiger partial charge in [-0.15, -0.1) is 0 Å². The molecular weight excluding hydrogens is 514 g/mol. The van der Waals surface area contributed by atoms with Crippen LogP contribution in [0.3, 0.4) is 0 Å². The Morgan fingerprint density at radius 1 is 1.05 bits per heavy atom. The second-order valence-electron chi connectivity index (χ2n) is 10.3. The van der Waals surface area contributed by atoms with Gasteiger partial charge >= 0.3 is 11.7 Å². The summed E-state index contributed by atoms with van der Waals surface area (Å²) in [5.41, 5.74) is 3.87. The van der Waals surface area contributed by atoms with Crippen LogP contribution in [0, 0.1) is 16.0 Å². The van der Waals surface area contributed by atoms with Gasteiger partial charge < -0.3 is 19.3 Å². The molecular formula is C28H35N7O5. The number of aromatic nitrogens is 3. The van der Waals surface area contributed by atoms with Crippen molar-refractivity contribution in [3.63, 3.8) is 0 Å². The van der Waals surface area contributed by atoms with Gasteiger partial charge in [0.1, 0.15) is 5.69 Å². The average molecular weight is 550 g/mol. The van der Waals surface area contributed by atoms with Gasteiger partial charge in [-0.25, -0.2) is 9.78 Å². The number of piperidine rings is 1. The third-order valence-corrected chi connectivity index (χ3v) is 7.86. The van der Waals surface area contributed by atoms with Crippen LogP contribution >= 0.6 is 0 Å². The molecule has 3 aromatic rings. The zero-order chi connectivity index (χ0) is 28.2. The molecule has 1 aromatic carbocycles. The van der Waals surface area contributed by atoms with Gasteiger partial charge in [0.15, 0.2) is 5.75 Å². The van der Waals surface area contributed by atoms with Gasteiger partial charge in [0.2, 0.25) is 0 Å². The molecule has 0 aliphatic carbocycles. The van der Waals surface area contributed by atoms with Crippen LogP contribution in [0.4, 0.5) is 17.1 Å². The van der Waals surface area contributed by atoms with Crippen molar-refractivity contribution in [3.8, 4) is 16.9 Å². The molecule has 2 aliphatic rings. The topological polar surface area (TPSA) is 119 Å². The number of hydrogen-bond acceptors (Lipinski definition) is 10. The van der Waals surface area contributed by atoms with E-state index in [2.05, 4.69) is 24.8 Å². The minimum Gasteiger partial charge on any atom is -0.490 e. The molecule has 2 fully saturated rings.